The Bertz CT molecular complexity index is 498. The van der Waals surface area contributed by atoms with Gasteiger partial charge in [-0.05, 0) is 94.9 Å². The molecular formula is C24H50N4. The Morgan fingerprint density at radius 2 is 1.18 bits per heavy atom. The second-order valence-electron chi connectivity index (χ2n) is 12.7. The lowest BCUT2D eigenvalue weighted by Gasteiger charge is -2.60. The van der Waals surface area contributed by atoms with Gasteiger partial charge in [-0.15, -0.1) is 0 Å². The zero-order chi connectivity index (χ0) is 21.4. The lowest BCUT2D eigenvalue weighted by molar-refractivity contribution is -0.101. The number of hydrogen-bond acceptors (Lipinski definition) is 4. The molecule has 4 nitrogen and oxygen atoms in total. The molecule has 0 amide bonds. The quantitative estimate of drug-likeness (QED) is 0.603. The van der Waals surface area contributed by atoms with Crippen LogP contribution < -0.4 is 10.6 Å². The third-order valence-electron chi connectivity index (χ3n) is 6.91. The summed E-state index contributed by atoms with van der Waals surface area (Å²) >= 11 is 0. The zero-order valence-corrected chi connectivity index (χ0v) is 20.7. The monoisotopic (exact) mass is 394 g/mol. The van der Waals surface area contributed by atoms with Crippen LogP contribution in [-0.2, 0) is 0 Å². The summed E-state index contributed by atoms with van der Waals surface area (Å²) in [4.78, 5) is 5.61. The molecule has 3 rings (SSSR count). The SMILES string of the molecule is CC(C)(C)NCCNC(C)(C)CCC(C)(C)N1CC2CCC1CN2C(C)(C)C. The third-order valence-corrected chi connectivity index (χ3v) is 6.91. The van der Waals surface area contributed by atoms with Crippen LogP contribution in [0.1, 0.15) is 94.9 Å². The molecule has 0 saturated carbocycles. The second kappa shape index (κ2) is 8.53. The number of fused-ring (bicyclic) bond motifs is 3. The average Bonchev–Trinajstić information content (AvgIpc) is 2.56. The predicted octanol–water partition coefficient (Wildman–Crippen LogP) is 4.25. The Morgan fingerprint density at radius 3 is 1.64 bits per heavy atom. The highest BCUT2D eigenvalue weighted by molar-refractivity contribution is 5.03. The summed E-state index contributed by atoms with van der Waals surface area (Å²) in [6, 6.07) is 1.46. The van der Waals surface area contributed by atoms with Crippen LogP contribution in [0.15, 0.2) is 0 Å². The van der Waals surface area contributed by atoms with Gasteiger partial charge in [0.25, 0.3) is 0 Å². The first-order valence-corrected chi connectivity index (χ1v) is 11.6. The number of nitrogens with zero attached hydrogens (tertiary/aromatic N) is 2. The van der Waals surface area contributed by atoms with Crippen LogP contribution in [0.3, 0.4) is 0 Å². The van der Waals surface area contributed by atoms with Gasteiger partial charge in [0.05, 0.1) is 0 Å². The van der Waals surface area contributed by atoms with Crippen molar-refractivity contribution in [2.75, 3.05) is 26.2 Å². The molecule has 3 aliphatic rings. The summed E-state index contributed by atoms with van der Waals surface area (Å²) in [6.07, 6.45) is 5.22. The van der Waals surface area contributed by atoms with Crippen LogP contribution in [0.25, 0.3) is 0 Å². The van der Waals surface area contributed by atoms with Crippen molar-refractivity contribution in [3.63, 3.8) is 0 Å². The van der Waals surface area contributed by atoms with E-state index in [0.717, 1.165) is 25.2 Å². The zero-order valence-electron chi connectivity index (χ0n) is 20.7. The van der Waals surface area contributed by atoms with E-state index in [9.17, 15) is 0 Å². The number of nitrogens with one attached hydrogen (secondary N) is 2. The number of piperazine rings is 1. The van der Waals surface area contributed by atoms with Gasteiger partial charge in [-0.1, -0.05) is 0 Å². The first kappa shape index (κ1) is 24.1. The Labute approximate surface area is 176 Å². The number of rotatable bonds is 8. The normalized spacial score (nSPS) is 25.5. The first-order chi connectivity index (χ1) is 12.6. The smallest absolute Gasteiger partial charge is 0.0230 e. The van der Waals surface area contributed by atoms with Crippen LogP contribution in [0.2, 0.25) is 0 Å². The van der Waals surface area contributed by atoms with E-state index in [2.05, 4.69) is 89.7 Å². The molecule has 0 aliphatic carbocycles. The van der Waals surface area contributed by atoms with Gasteiger partial charge < -0.3 is 10.6 Å². The lowest BCUT2D eigenvalue weighted by Crippen LogP contribution is -2.70. The van der Waals surface area contributed by atoms with Crippen LogP contribution in [0.5, 0.6) is 0 Å². The lowest BCUT2D eigenvalue weighted by atomic mass is 9.80. The van der Waals surface area contributed by atoms with Gasteiger partial charge in [0.2, 0.25) is 0 Å². The Balaban J connectivity index is 1.85. The number of hydrogen-bond donors (Lipinski definition) is 2. The van der Waals surface area contributed by atoms with Crippen LogP contribution in [0.4, 0.5) is 0 Å². The molecule has 0 aromatic carbocycles. The molecule has 0 aromatic heterocycles. The topological polar surface area (TPSA) is 30.5 Å². The second-order valence-corrected chi connectivity index (χ2v) is 12.7. The van der Waals surface area contributed by atoms with Crippen molar-refractivity contribution >= 4 is 0 Å². The van der Waals surface area contributed by atoms with E-state index in [4.69, 9.17) is 0 Å². The minimum atomic E-state index is 0.184. The molecule has 3 aliphatic heterocycles. The van der Waals surface area contributed by atoms with E-state index in [1.807, 2.05) is 0 Å². The molecule has 0 spiro atoms. The van der Waals surface area contributed by atoms with Crippen LogP contribution >= 0.6 is 0 Å². The van der Waals surface area contributed by atoms with E-state index in [1.54, 1.807) is 0 Å². The largest absolute Gasteiger partial charge is 0.311 e. The maximum atomic E-state index is 3.78. The van der Waals surface area contributed by atoms with E-state index in [-0.39, 0.29) is 16.6 Å². The highest BCUT2D eigenvalue weighted by atomic mass is 15.4. The highest BCUT2D eigenvalue weighted by Crippen LogP contribution is 2.39. The summed E-state index contributed by atoms with van der Waals surface area (Å²) in [5, 5.41) is 7.36. The van der Waals surface area contributed by atoms with Gasteiger partial charge >= 0.3 is 0 Å². The highest BCUT2D eigenvalue weighted by Gasteiger charge is 2.47. The summed E-state index contributed by atoms with van der Waals surface area (Å²) in [7, 11) is 0. The van der Waals surface area contributed by atoms with Gasteiger partial charge in [-0.2, -0.15) is 0 Å². The third kappa shape index (κ3) is 6.68. The minimum Gasteiger partial charge on any atom is -0.311 e. The maximum Gasteiger partial charge on any atom is 0.0230 e. The molecule has 3 heterocycles. The van der Waals surface area contributed by atoms with Crippen molar-refractivity contribution in [2.45, 2.75) is 129 Å². The molecule has 3 fully saturated rings. The summed E-state index contributed by atoms with van der Waals surface area (Å²) in [6.45, 7) is 28.1. The average molecular weight is 395 g/mol. The van der Waals surface area contributed by atoms with Crippen molar-refractivity contribution in [1.82, 2.24) is 20.4 Å². The first-order valence-electron chi connectivity index (χ1n) is 11.6. The standard InChI is InChI=1S/C24H50N4/c1-21(2,3)25-15-16-26-23(7,8)13-14-24(9,10)28-18-19-11-12-20(28)17-27(19)22(4,5)6/h19-20,25-26H,11-18H2,1-10H3. The summed E-state index contributed by atoms with van der Waals surface area (Å²) < 4.78 is 0. The predicted molar refractivity (Wildman–Crippen MR) is 123 cm³/mol. The van der Waals surface area contributed by atoms with Crippen molar-refractivity contribution in [1.29, 1.82) is 0 Å². The van der Waals surface area contributed by atoms with E-state index >= 15 is 0 Å². The fourth-order valence-electron chi connectivity index (χ4n) is 5.08. The molecular weight excluding hydrogens is 344 g/mol. The fraction of sp³-hybridized carbons (Fsp3) is 1.00. The fourth-order valence-corrected chi connectivity index (χ4v) is 5.08. The van der Waals surface area contributed by atoms with E-state index in [0.29, 0.717) is 5.54 Å². The molecule has 28 heavy (non-hydrogen) atoms. The molecule has 166 valence electrons. The summed E-state index contributed by atoms with van der Waals surface area (Å²) in [5.41, 5.74) is 0.952. The molecule has 4 heteroatoms. The van der Waals surface area contributed by atoms with Gasteiger partial charge in [0, 0.05) is 60.4 Å². The minimum absolute atomic E-state index is 0.184. The maximum absolute atomic E-state index is 3.78. The molecule has 2 atom stereocenters. The van der Waals surface area contributed by atoms with E-state index in [1.165, 1.54) is 38.8 Å². The van der Waals surface area contributed by atoms with E-state index < -0.39 is 0 Å². The number of piperidine rings is 2. The Kier molecular flexibility index (Phi) is 7.34. The van der Waals surface area contributed by atoms with Crippen LogP contribution in [-0.4, -0.2) is 70.2 Å². The van der Waals surface area contributed by atoms with Crippen molar-refractivity contribution in [2.24, 2.45) is 0 Å². The summed E-state index contributed by atoms with van der Waals surface area (Å²) in [5.74, 6) is 0. The van der Waals surface area contributed by atoms with Gasteiger partial charge in [-0.3, -0.25) is 9.80 Å². The van der Waals surface area contributed by atoms with Gasteiger partial charge in [0.1, 0.15) is 0 Å². The Morgan fingerprint density at radius 1 is 0.679 bits per heavy atom. The Hall–Kier alpha value is -0.160. The molecule has 0 aromatic rings. The molecule has 3 saturated heterocycles. The van der Waals surface area contributed by atoms with Gasteiger partial charge in [0.15, 0.2) is 0 Å². The van der Waals surface area contributed by atoms with Crippen molar-refractivity contribution in [3.8, 4) is 0 Å². The molecule has 0 radical (unpaired) electrons. The van der Waals surface area contributed by atoms with Crippen molar-refractivity contribution < 1.29 is 0 Å². The van der Waals surface area contributed by atoms with Crippen molar-refractivity contribution in [3.05, 3.63) is 0 Å². The molecule has 2 N–H and O–H groups in total. The van der Waals surface area contributed by atoms with Crippen LogP contribution in [0, 0.1) is 0 Å². The molecule has 2 bridgehead atoms. The molecule has 2 unspecified atom stereocenters. The van der Waals surface area contributed by atoms with Gasteiger partial charge in [-0.25, -0.2) is 0 Å².